The highest BCUT2D eigenvalue weighted by Gasteiger charge is 2.38. The number of amides is 1. The van der Waals surface area contributed by atoms with E-state index in [9.17, 15) is 9.90 Å². The lowest BCUT2D eigenvalue weighted by atomic mass is 9.98. The first kappa shape index (κ1) is 21.8. The fraction of sp³-hybridized carbons (Fsp3) is 0.370. The molecular formula is C27H27N5O3. The van der Waals surface area contributed by atoms with Crippen molar-refractivity contribution in [3.63, 3.8) is 0 Å². The van der Waals surface area contributed by atoms with Crippen molar-refractivity contribution >= 4 is 12.1 Å². The molecule has 4 heterocycles. The molecular weight excluding hydrogens is 442 g/mol. The van der Waals surface area contributed by atoms with E-state index in [0.29, 0.717) is 35.4 Å². The maximum absolute atomic E-state index is 12.4. The van der Waals surface area contributed by atoms with Crippen molar-refractivity contribution in [2.45, 2.75) is 51.2 Å². The Labute approximate surface area is 203 Å². The third-order valence-corrected chi connectivity index (χ3v) is 7.08. The minimum Gasteiger partial charge on any atom is -0.372 e. The molecule has 1 aliphatic carbocycles. The van der Waals surface area contributed by atoms with Crippen LogP contribution in [0.5, 0.6) is 0 Å². The number of aryl methyl sites for hydroxylation is 1. The standard InChI is InChI=1S/C27H27N5O3/c1-16-11-23(30-35-16)27(2,34)8-7-17-5-6-19-20-13-18(20)14-32-22(15-31-9-3-4-10-31)24(25(28)33)29-26(32)21(19)12-17/h5-6,11-12,14,20,34H,3-4,9-10,13,15H2,1-2H3,(H2,28,33)/t20?,27-/m1/s1. The number of likely N-dealkylation sites (tertiary alicyclic amines) is 1. The highest BCUT2D eigenvalue weighted by Crippen LogP contribution is 2.52. The minimum atomic E-state index is -1.45. The van der Waals surface area contributed by atoms with Crippen LogP contribution in [-0.2, 0) is 12.1 Å². The molecule has 1 amide bonds. The molecule has 3 aliphatic rings. The quantitative estimate of drug-likeness (QED) is 0.568. The summed E-state index contributed by atoms with van der Waals surface area (Å²) in [6.45, 7) is 6.04. The summed E-state index contributed by atoms with van der Waals surface area (Å²) in [5.74, 6) is 7.17. The van der Waals surface area contributed by atoms with Gasteiger partial charge in [-0.1, -0.05) is 23.1 Å². The molecule has 8 nitrogen and oxygen atoms in total. The fourth-order valence-electron chi connectivity index (χ4n) is 5.08. The smallest absolute Gasteiger partial charge is 0.269 e. The monoisotopic (exact) mass is 469 g/mol. The second-order valence-electron chi connectivity index (χ2n) is 9.86. The molecule has 6 rings (SSSR count). The van der Waals surface area contributed by atoms with Crippen molar-refractivity contribution in [1.82, 2.24) is 19.6 Å². The number of fused-ring (bicyclic) bond motifs is 5. The van der Waals surface area contributed by atoms with Crippen LogP contribution in [0.25, 0.3) is 17.6 Å². The number of nitrogens with zero attached hydrogens (tertiary/aromatic N) is 4. The van der Waals surface area contributed by atoms with Gasteiger partial charge in [-0.05, 0) is 69.5 Å². The third kappa shape index (κ3) is 3.87. The molecule has 1 saturated carbocycles. The van der Waals surface area contributed by atoms with Gasteiger partial charge in [0.2, 0.25) is 0 Å². The van der Waals surface area contributed by atoms with Gasteiger partial charge in [-0.2, -0.15) is 0 Å². The lowest BCUT2D eigenvalue weighted by molar-refractivity contribution is 0.0993. The Morgan fingerprint density at radius 3 is 2.83 bits per heavy atom. The molecule has 3 aromatic rings. The number of hydrogen-bond acceptors (Lipinski definition) is 6. The summed E-state index contributed by atoms with van der Waals surface area (Å²) in [7, 11) is 0. The number of rotatable bonds is 4. The van der Waals surface area contributed by atoms with Gasteiger partial charge in [0.05, 0.1) is 5.69 Å². The molecule has 8 heteroatoms. The van der Waals surface area contributed by atoms with Crippen LogP contribution in [-0.4, -0.2) is 43.7 Å². The second kappa shape index (κ2) is 7.94. The van der Waals surface area contributed by atoms with Gasteiger partial charge in [-0.25, -0.2) is 4.98 Å². The van der Waals surface area contributed by atoms with Crippen molar-refractivity contribution in [3.05, 3.63) is 63.8 Å². The van der Waals surface area contributed by atoms with E-state index in [4.69, 9.17) is 15.2 Å². The van der Waals surface area contributed by atoms with Gasteiger partial charge in [0.1, 0.15) is 17.3 Å². The average Bonchev–Trinajstić information content (AvgIpc) is 3.14. The summed E-state index contributed by atoms with van der Waals surface area (Å²) in [6, 6.07) is 7.71. The summed E-state index contributed by atoms with van der Waals surface area (Å²) in [5, 5.41) is 14.7. The molecule has 0 spiro atoms. The number of imidazole rings is 1. The Balaban J connectivity index is 1.43. The number of carbonyl (C=O) groups is 1. The average molecular weight is 470 g/mol. The number of hydrogen-bond donors (Lipinski definition) is 2. The largest absolute Gasteiger partial charge is 0.372 e. The topological polar surface area (TPSA) is 110 Å². The molecule has 2 atom stereocenters. The van der Waals surface area contributed by atoms with E-state index < -0.39 is 11.5 Å². The van der Waals surface area contributed by atoms with E-state index in [1.807, 2.05) is 12.1 Å². The van der Waals surface area contributed by atoms with E-state index >= 15 is 0 Å². The van der Waals surface area contributed by atoms with Crippen molar-refractivity contribution in [1.29, 1.82) is 0 Å². The number of carbonyl (C=O) groups excluding carboxylic acids is 1. The summed E-state index contributed by atoms with van der Waals surface area (Å²) in [5.41, 5.74) is 10.1. The molecule has 1 aromatic carbocycles. The predicted molar refractivity (Wildman–Crippen MR) is 130 cm³/mol. The first-order chi connectivity index (χ1) is 16.8. The molecule has 0 radical (unpaired) electrons. The van der Waals surface area contributed by atoms with Crippen LogP contribution in [0.1, 0.15) is 70.9 Å². The molecule has 3 N–H and O–H groups in total. The highest BCUT2D eigenvalue weighted by atomic mass is 16.5. The molecule has 35 heavy (non-hydrogen) atoms. The Morgan fingerprint density at radius 2 is 2.11 bits per heavy atom. The van der Waals surface area contributed by atoms with Gasteiger partial charge in [-0.15, -0.1) is 0 Å². The summed E-state index contributed by atoms with van der Waals surface area (Å²) in [4.78, 5) is 19.5. The van der Waals surface area contributed by atoms with Crippen LogP contribution < -0.4 is 5.73 Å². The zero-order valence-electron chi connectivity index (χ0n) is 19.8. The van der Waals surface area contributed by atoms with Crippen LogP contribution >= 0.6 is 0 Å². The third-order valence-electron chi connectivity index (χ3n) is 7.08. The maximum atomic E-state index is 12.4. The highest BCUT2D eigenvalue weighted by molar-refractivity contribution is 5.93. The van der Waals surface area contributed by atoms with Gasteiger partial charge in [0.15, 0.2) is 11.3 Å². The van der Waals surface area contributed by atoms with Crippen molar-refractivity contribution < 1.29 is 14.4 Å². The summed E-state index contributed by atoms with van der Waals surface area (Å²) in [6.07, 6.45) is 5.45. The first-order valence-electron chi connectivity index (χ1n) is 12.0. The molecule has 0 bridgehead atoms. The summed E-state index contributed by atoms with van der Waals surface area (Å²) >= 11 is 0. The number of aliphatic hydroxyl groups is 1. The van der Waals surface area contributed by atoms with Crippen LogP contribution in [0.4, 0.5) is 0 Å². The van der Waals surface area contributed by atoms with Crippen LogP contribution in [0.2, 0.25) is 0 Å². The van der Waals surface area contributed by atoms with Crippen molar-refractivity contribution in [3.8, 4) is 23.2 Å². The van der Waals surface area contributed by atoms with E-state index in [1.54, 1.807) is 19.9 Å². The predicted octanol–water partition coefficient (Wildman–Crippen LogP) is 3.14. The normalized spacial score (nSPS) is 20.0. The molecule has 1 saturated heterocycles. The van der Waals surface area contributed by atoms with Crippen molar-refractivity contribution in [2.75, 3.05) is 13.1 Å². The van der Waals surface area contributed by atoms with Gasteiger partial charge in [0.25, 0.3) is 5.91 Å². The zero-order valence-corrected chi connectivity index (χ0v) is 19.8. The number of allylic oxidation sites excluding steroid dienone is 1. The van der Waals surface area contributed by atoms with E-state index in [-0.39, 0.29) is 0 Å². The number of benzene rings is 1. The van der Waals surface area contributed by atoms with Crippen LogP contribution in [0.15, 0.2) is 34.4 Å². The molecule has 2 fully saturated rings. The van der Waals surface area contributed by atoms with E-state index in [2.05, 4.69) is 38.7 Å². The Kier molecular flexibility index (Phi) is 4.95. The molecule has 2 aliphatic heterocycles. The number of aromatic nitrogens is 3. The summed E-state index contributed by atoms with van der Waals surface area (Å²) < 4.78 is 7.15. The Hall–Kier alpha value is -3.67. The fourth-order valence-corrected chi connectivity index (χ4v) is 5.08. The van der Waals surface area contributed by atoms with Crippen LogP contribution in [0.3, 0.4) is 0 Å². The van der Waals surface area contributed by atoms with E-state index in [0.717, 1.165) is 36.3 Å². The van der Waals surface area contributed by atoms with Gasteiger partial charge in [-0.3, -0.25) is 9.69 Å². The minimum absolute atomic E-state index is 0.328. The number of nitrogens with two attached hydrogens (primary N) is 1. The van der Waals surface area contributed by atoms with Crippen LogP contribution in [0, 0.1) is 18.8 Å². The van der Waals surface area contributed by atoms with Gasteiger partial charge in [0, 0.05) is 35.9 Å². The van der Waals surface area contributed by atoms with E-state index in [1.165, 1.54) is 24.0 Å². The lowest BCUT2D eigenvalue weighted by Crippen LogP contribution is -2.23. The second-order valence-corrected chi connectivity index (χ2v) is 9.86. The Morgan fingerprint density at radius 1 is 1.31 bits per heavy atom. The number of primary amides is 1. The molecule has 178 valence electrons. The molecule has 2 aromatic heterocycles. The SMILES string of the molecule is Cc1cc([C@](C)(O)C#Cc2ccc3c(c2)-c2nc(C(N)=O)c(CN4CCCC4)n2C=C2CC23)no1. The lowest BCUT2D eigenvalue weighted by Gasteiger charge is -2.16. The van der Waals surface area contributed by atoms with Gasteiger partial charge < -0.3 is 19.9 Å². The van der Waals surface area contributed by atoms with Crippen molar-refractivity contribution in [2.24, 2.45) is 5.73 Å². The Bertz CT molecular complexity index is 1440. The first-order valence-corrected chi connectivity index (χ1v) is 12.0. The zero-order chi connectivity index (χ0) is 24.3. The molecule has 1 unspecified atom stereocenters. The van der Waals surface area contributed by atoms with Gasteiger partial charge >= 0.3 is 0 Å². The maximum Gasteiger partial charge on any atom is 0.269 e.